The van der Waals surface area contributed by atoms with Gasteiger partial charge in [0.1, 0.15) is 5.75 Å². The molecule has 6 heteroatoms. The van der Waals surface area contributed by atoms with Gasteiger partial charge in [-0.25, -0.2) is 4.79 Å². The van der Waals surface area contributed by atoms with Crippen LogP contribution in [0.3, 0.4) is 0 Å². The molecule has 0 bridgehead atoms. The first-order valence-corrected chi connectivity index (χ1v) is 8.02. The average Bonchev–Trinajstić information content (AvgIpc) is 2.54. The number of aliphatic carboxylic acids is 1. The molecule has 0 saturated carbocycles. The van der Waals surface area contributed by atoms with Gasteiger partial charge in [-0.2, -0.15) is 0 Å². The van der Waals surface area contributed by atoms with Crippen LogP contribution in [0, 0.1) is 5.92 Å². The second-order valence-electron chi connectivity index (χ2n) is 6.16. The quantitative estimate of drug-likeness (QED) is 0.776. The fraction of sp³-hybridized carbons (Fsp3) is 0.529. The van der Waals surface area contributed by atoms with E-state index in [0.29, 0.717) is 25.9 Å². The van der Waals surface area contributed by atoms with E-state index >= 15 is 0 Å². The number of hydrogen-bond donors (Lipinski definition) is 3. The minimum Gasteiger partial charge on any atom is -0.508 e. The molecule has 23 heavy (non-hydrogen) atoms. The molecule has 1 aliphatic rings. The Labute approximate surface area is 136 Å². The molecule has 1 atom stereocenters. The number of rotatable bonds is 5. The lowest BCUT2D eigenvalue weighted by atomic mass is 9.97. The van der Waals surface area contributed by atoms with Crippen LogP contribution >= 0.6 is 0 Å². The van der Waals surface area contributed by atoms with Crippen LogP contribution in [-0.2, 0) is 11.2 Å². The van der Waals surface area contributed by atoms with Crippen molar-refractivity contribution in [1.82, 2.24) is 10.2 Å². The number of carbonyl (C=O) groups is 2. The van der Waals surface area contributed by atoms with E-state index in [1.165, 1.54) is 0 Å². The number of amides is 2. The molecule has 1 aromatic rings. The number of aromatic hydroxyl groups is 1. The monoisotopic (exact) mass is 320 g/mol. The lowest BCUT2D eigenvalue weighted by Gasteiger charge is -2.31. The summed E-state index contributed by atoms with van der Waals surface area (Å²) < 4.78 is 0. The van der Waals surface area contributed by atoms with Crippen molar-refractivity contribution in [2.75, 3.05) is 13.1 Å². The summed E-state index contributed by atoms with van der Waals surface area (Å²) in [6, 6.07) is 6.98. The summed E-state index contributed by atoms with van der Waals surface area (Å²) in [5.74, 6) is -0.849. The molecule has 1 aromatic carbocycles. The van der Waals surface area contributed by atoms with Crippen LogP contribution in [0.2, 0.25) is 0 Å². The zero-order valence-corrected chi connectivity index (χ0v) is 13.4. The van der Waals surface area contributed by atoms with Crippen LogP contribution in [-0.4, -0.2) is 46.2 Å². The number of urea groups is 1. The highest BCUT2D eigenvalue weighted by atomic mass is 16.4. The van der Waals surface area contributed by atoms with Gasteiger partial charge in [0.2, 0.25) is 0 Å². The molecule has 1 fully saturated rings. The van der Waals surface area contributed by atoms with E-state index in [2.05, 4.69) is 5.32 Å². The minimum atomic E-state index is -0.771. The summed E-state index contributed by atoms with van der Waals surface area (Å²) in [6.45, 7) is 2.95. The van der Waals surface area contributed by atoms with Crippen LogP contribution in [0.4, 0.5) is 4.79 Å². The zero-order valence-electron chi connectivity index (χ0n) is 13.4. The number of benzene rings is 1. The maximum absolute atomic E-state index is 12.2. The Balaban J connectivity index is 1.72. The fourth-order valence-corrected chi connectivity index (χ4v) is 2.75. The van der Waals surface area contributed by atoms with Crippen molar-refractivity contribution >= 4 is 12.0 Å². The molecule has 1 aliphatic heterocycles. The Kier molecular flexibility index (Phi) is 5.84. The first-order valence-electron chi connectivity index (χ1n) is 8.02. The second-order valence-corrected chi connectivity index (χ2v) is 6.16. The van der Waals surface area contributed by atoms with Crippen LogP contribution in [0.25, 0.3) is 0 Å². The number of carboxylic acid groups (broad SMARTS) is 1. The summed E-state index contributed by atoms with van der Waals surface area (Å²) in [5, 5.41) is 21.2. The summed E-state index contributed by atoms with van der Waals surface area (Å²) in [7, 11) is 0. The second kappa shape index (κ2) is 7.85. The maximum atomic E-state index is 12.2. The Morgan fingerprint density at radius 2 is 1.87 bits per heavy atom. The number of nitrogens with zero attached hydrogens (tertiary/aromatic N) is 1. The number of piperidine rings is 1. The number of aryl methyl sites for hydroxylation is 1. The molecule has 0 spiro atoms. The number of likely N-dealkylation sites (tertiary alicyclic amines) is 1. The molecule has 0 aromatic heterocycles. The van der Waals surface area contributed by atoms with Crippen LogP contribution in [0.5, 0.6) is 5.75 Å². The van der Waals surface area contributed by atoms with Crippen molar-refractivity contribution < 1.29 is 19.8 Å². The van der Waals surface area contributed by atoms with Crippen LogP contribution in [0.15, 0.2) is 24.3 Å². The summed E-state index contributed by atoms with van der Waals surface area (Å²) in [6.07, 6.45) is 2.67. The lowest BCUT2D eigenvalue weighted by Crippen LogP contribution is -2.48. The molecule has 6 nitrogen and oxygen atoms in total. The van der Waals surface area contributed by atoms with Gasteiger partial charge in [0, 0.05) is 19.1 Å². The number of carboxylic acids is 1. The van der Waals surface area contributed by atoms with Gasteiger partial charge in [0.05, 0.1) is 5.92 Å². The molecule has 2 rings (SSSR count). The van der Waals surface area contributed by atoms with E-state index in [9.17, 15) is 14.7 Å². The molecule has 0 radical (unpaired) electrons. The highest BCUT2D eigenvalue weighted by Crippen LogP contribution is 2.17. The van der Waals surface area contributed by atoms with Crippen LogP contribution < -0.4 is 5.32 Å². The van der Waals surface area contributed by atoms with E-state index < -0.39 is 5.97 Å². The average molecular weight is 320 g/mol. The zero-order chi connectivity index (χ0) is 16.8. The third kappa shape index (κ3) is 5.16. The highest BCUT2D eigenvalue weighted by molar-refractivity contribution is 5.75. The van der Waals surface area contributed by atoms with Crippen molar-refractivity contribution in [3.63, 3.8) is 0 Å². The number of nitrogens with one attached hydrogen (secondary N) is 1. The standard InChI is InChI=1S/C17H24N2O4/c1-12(2-3-13-4-6-15(20)7-5-13)18-17(23)19-10-8-14(9-11-19)16(21)22/h4-7,12,14,20H,2-3,8-11H2,1H3,(H,18,23)(H,21,22). The van der Waals surface area contributed by atoms with E-state index in [1.807, 2.05) is 19.1 Å². The Morgan fingerprint density at radius 3 is 2.43 bits per heavy atom. The molecule has 1 saturated heterocycles. The van der Waals surface area contributed by atoms with Gasteiger partial charge in [-0.3, -0.25) is 4.79 Å². The van der Waals surface area contributed by atoms with Gasteiger partial charge >= 0.3 is 12.0 Å². The third-order valence-corrected chi connectivity index (χ3v) is 4.30. The fourth-order valence-electron chi connectivity index (χ4n) is 2.75. The van der Waals surface area contributed by atoms with Gasteiger partial charge < -0.3 is 20.4 Å². The molecule has 0 aliphatic carbocycles. The molecule has 126 valence electrons. The van der Waals surface area contributed by atoms with Gasteiger partial charge in [0.15, 0.2) is 0 Å². The molecule has 2 amide bonds. The Bertz CT molecular complexity index is 536. The lowest BCUT2D eigenvalue weighted by molar-refractivity contribution is -0.143. The predicted octanol–water partition coefficient (Wildman–Crippen LogP) is 2.22. The Hall–Kier alpha value is -2.24. The van der Waals surface area contributed by atoms with Crippen molar-refractivity contribution in [3.8, 4) is 5.75 Å². The summed E-state index contributed by atoms with van der Waals surface area (Å²) in [5.41, 5.74) is 1.12. The Morgan fingerprint density at radius 1 is 1.26 bits per heavy atom. The topological polar surface area (TPSA) is 89.9 Å². The number of hydrogen-bond acceptors (Lipinski definition) is 3. The normalized spacial score (nSPS) is 16.8. The van der Waals surface area contributed by atoms with Gasteiger partial charge in [-0.1, -0.05) is 12.1 Å². The maximum Gasteiger partial charge on any atom is 0.317 e. The van der Waals surface area contributed by atoms with E-state index in [0.717, 1.165) is 18.4 Å². The third-order valence-electron chi connectivity index (χ3n) is 4.30. The number of phenolic OH excluding ortho intramolecular Hbond substituents is 1. The smallest absolute Gasteiger partial charge is 0.317 e. The molecule has 3 N–H and O–H groups in total. The summed E-state index contributed by atoms with van der Waals surface area (Å²) >= 11 is 0. The molecular weight excluding hydrogens is 296 g/mol. The van der Waals surface area contributed by atoms with Gasteiger partial charge in [-0.05, 0) is 50.3 Å². The van der Waals surface area contributed by atoms with E-state index in [-0.39, 0.29) is 23.7 Å². The van der Waals surface area contributed by atoms with E-state index in [1.54, 1.807) is 17.0 Å². The number of carbonyl (C=O) groups excluding carboxylic acids is 1. The van der Waals surface area contributed by atoms with Gasteiger partial charge in [0.25, 0.3) is 0 Å². The van der Waals surface area contributed by atoms with Gasteiger partial charge in [-0.15, -0.1) is 0 Å². The predicted molar refractivity (Wildman–Crippen MR) is 86.4 cm³/mol. The van der Waals surface area contributed by atoms with Crippen molar-refractivity contribution in [3.05, 3.63) is 29.8 Å². The molecule has 1 heterocycles. The number of phenols is 1. The SMILES string of the molecule is CC(CCc1ccc(O)cc1)NC(=O)N1CCC(C(=O)O)CC1. The molecular formula is C17H24N2O4. The first kappa shape index (κ1) is 17.1. The van der Waals surface area contributed by atoms with E-state index in [4.69, 9.17) is 5.11 Å². The van der Waals surface area contributed by atoms with Crippen molar-refractivity contribution in [2.24, 2.45) is 5.92 Å². The van der Waals surface area contributed by atoms with Crippen molar-refractivity contribution in [2.45, 2.75) is 38.6 Å². The largest absolute Gasteiger partial charge is 0.508 e. The highest BCUT2D eigenvalue weighted by Gasteiger charge is 2.27. The first-order chi connectivity index (χ1) is 11.0. The summed E-state index contributed by atoms with van der Waals surface area (Å²) in [4.78, 5) is 24.8. The molecule has 1 unspecified atom stereocenters. The minimum absolute atomic E-state index is 0.0356. The van der Waals surface area contributed by atoms with Crippen molar-refractivity contribution in [1.29, 1.82) is 0 Å². The van der Waals surface area contributed by atoms with Crippen LogP contribution in [0.1, 0.15) is 31.7 Å².